The smallest absolute Gasteiger partial charge is 0.222 e. The van der Waals surface area contributed by atoms with Gasteiger partial charge in [-0.1, -0.05) is 17.3 Å². The van der Waals surface area contributed by atoms with Crippen LogP contribution in [0.25, 0.3) is 22.2 Å². The zero-order valence-corrected chi connectivity index (χ0v) is 10.7. The van der Waals surface area contributed by atoms with Gasteiger partial charge in [-0.15, -0.1) is 0 Å². The maximum absolute atomic E-state index is 5.56. The van der Waals surface area contributed by atoms with Crippen molar-refractivity contribution < 1.29 is 4.52 Å². The van der Waals surface area contributed by atoms with Crippen LogP contribution in [-0.2, 0) is 0 Å². The summed E-state index contributed by atoms with van der Waals surface area (Å²) in [5.41, 5.74) is 9.44. The monoisotopic (exact) mass is 291 g/mol. The Morgan fingerprint density at radius 2 is 2.24 bits per heavy atom. The van der Waals surface area contributed by atoms with Crippen molar-refractivity contribution in [2.45, 2.75) is 6.92 Å². The highest BCUT2D eigenvalue weighted by Crippen LogP contribution is 2.35. The van der Waals surface area contributed by atoms with Gasteiger partial charge in [-0.25, -0.2) is 0 Å². The summed E-state index contributed by atoms with van der Waals surface area (Å²) in [5, 5.41) is 5.07. The van der Waals surface area contributed by atoms with E-state index in [1.807, 2.05) is 25.1 Å². The molecule has 5 heteroatoms. The van der Waals surface area contributed by atoms with Crippen molar-refractivity contribution in [3.63, 3.8) is 0 Å². The summed E-state index contributed by atoms with van der Waals surface area (Å²) in [5.74, 6) is 0.323. The average molecular weight is 292 g/mol. The predicted octanol–water partition coefficient (Wildman–Crippen LogP) is 3.48. The summed E-state index contributed by atoms with van der Waals surface area (Å²) in [6, 6.07) is 7.77. The Morgan fingerprint density at radius 1 is 1.41 bits per heavy atom. The van der Waals surface area contributed by atoms with Crippen LogP contribution in [0.15, 0.2) is 33.3 Å². The molecule has 0 spiro atoms. The minimum atomic E-state index is 0.323. The normalized spacial score (nSPS) is 11.2. The van der Waals surface area contributed by atoms with E-state index in [0.29, 0.717) is 5.88 Å². The number of aryl methyl sites for hydroxylation is 1. The molecule has 17 heavy (non-hydrogen) atoms. The Hall–Kier alpha value is -1.75. The fourth-order valence-electron chi connectivity index (χ4n) is 2.05. The van der Waals surface area contributed by atoms with E-state index >= 15 is 0 Å². The van der Waals surface area contributed by atoms with E-state index < -0.39 is 0 Å². The lowest BCUT2D eigenvalue weighted by atomic mass is 10.1. The van der Waals surface area contributed by atoms with Crippen molar-refractivity contribution in [2.24, 2.45) is 0 Å². The van der Waals surface area contributed by atoms with Gasteiger partial charge in [-0.05, 0) is 28.9 Å². The second kappa shape index (κ2) is 3.63. The zero-order valence-electron chi connectivity index (χ0n) is 9.12. The lowest BCUT2D eigenvalue weighted by Crippen LogP contribution is -1.79. The number of rotatable bonds is 1. The molecule has 86 valence electrons. The molecule has 0 radical (unpaired) electrons. The number of nitrogens with one attached hydrogen (secondary N) is 1. The van der Waals surface area contributed by atoms with Crippen LogP contribution in [0.2, 0.25) is 0 Å². The number of nitrogens with zero attached hydrogens (tertiary/aromatic N) is 1. The van der Waals surface area contributed by atoms with E-state index in [4.69, 9.17) is 10.3 Å². The molecular formula is C12H10BrN3O. The van der Waals surface area contributed by atoms with Crippen molar-refractivity contribution in [1.82, 2.24) is 10.1 Å². The van der Waals surface area contributed by atoms with Gasteiger partial charge < -0.3 is 15.2 Å². The van der Waals surface area contributed by atoms with Gasteiger partial charge in [0, 0.05) is 27.2 Å². The molecular weight excluding hydrogens is 282 g/mol. The molecule has 0 aliphatic carbocycles. The van der Waals surface area contributed by atoms with Crippen LogP contribution in [0.5, 0.6) is 0 Å². The van der Waals surface area contributed by atoms with Crippen LogP contribution >= 0.6 is 15.9 Å². The van der Waals surface area contributed by atoms with Crippen LogP contribution in [0.1, 0.15) is 5.69 Å². The molecule has 0 unspecified atom stereocenters. The fraction of sp³-hybridized carbons (Fsp3) is 0.0833. The first-order chi connectivity index (χ1) is 8.16. The van der Waals surface area contributed by atoms with E-state index in [-0.39, 0.29) is 0 Å². The number of halogens is 1. The third-order valence-electron chi connectivity index (χ3n) is 2.75. The highest BCUT2D eigenvalue weighted by Gasteiger charge is 2.15. The quantitative estimate of drug-likeness (QED) is 0.721. The number of benzene rings is 1. The maximum Gasteiger partial charge on any atom is 0.222 e. The van der Waals surface area contributed by atoms with Gasteiger partial charge in [0.1, 0.15) is 5.69 Å². The summed E-state index contributed by atoms with van der Waals surface area (Å²) >= 11 is 3.52. The predicted molar refractivity (Wildman–Crippen MR) is 70.6 cm³/mol. The number of hydrogen-bond acceptors (Lipinski definition) is 3. The van der Waals surface area contributed by atoms with Gasteiger partial charge in [0.2, 0.25) is 5.88 Å². The molecule has 0 saturated carbocycles. The number of fused-ring (bicyclic) bond motifs is 1. The molecule has 0 atom stereocenters. The summed E-state index contributed by atoms with van der Waals surface area (Å²) in [7, 11) is 0. The Labute approximate surface area is 106 Å². The summed E-state index contributed by atoms with van der Waals surface area (Å²) in [6.45, 7) is 2.01. The van der Waals surface area contributed by atoms with Gasteiger partial charge >= 0.3 is 0 Å². The molecule has 0 saturated heterocycles. The fourth-order valence-corrected chi connectivity index (χ4v) is 2.51. The largest absolute Gasteiger partial charge is 0.368 e. The van der Waals surface area contributed by atoms with E-state index in [1.54, 1.807) is 6.07 Å². The van der Waals surface area contributed by atoms with Gasteiger partial charge in [-0.3, -0.25) is 0 Å². The Balaban J connectivity index is 2.36. The molecule has 4 nitrogen and oxygen atoms in total. The zero-order chi connectivity index (χ0) is 12.0. The minimum Gasteiger partial charge on any atom is -0.368 e. The van der Waals surface area contributed by atoms with Gasteiger partial charge in [0.05, 0.1) is 5.52 Å². The first kappa shape index (κ1) is 10.4. The second-order valence-electron chi connectivity index (χ2n) is 3.90. The van der Waals surface area contributed by atoms with Crippen molar-refractivity contribution in [1.29, 1.82) is 0 Å². The number of hydrogen-bond donors (Lipinski definition) is 2. The van der Waals surface area contributed by atoms with Crippen LogP contribution < -0.4 is 5.73 Å². The molecule has 3 aromatic rings. The topological polar surface area (TPSA) is 67.8 Å². The number of aromatic amines is 1. The molecule has 2 heterocycles. The molecule has 3 N–H and O–H groups in total. The summed E-state index contributed by atoms with van der Waals surface area (Å²) in [4.78, 5) is 3.33. The Bertz CT molecular complexity index is 699. The third-order valence-corrected chi connectivity index (χ3v) is 3.42. The van der Waals surface area contributed by atoms with Gasteiger partial charge in [0.15, 0.2) is 0 Å². The molecule has 0 fully saturated rings. The Morgan fingerprint density at radius 3 is 2.94 bits per heavy atom. The molecule has 3 rings (SSSR count). The highest BCUT2D eigenvalue weighted by molar-refractivity contribution is 9.10. The lowest BCUT2D eigenvalue weighted by Gasteiger charge is -1.95. The van der Waals surface area contributed by atoms with Crippen LogP contribution in [-0.4, -0.2) is 10.1 Å². The SMILES string of the molecule is Cc1[nH]c2c(Br)cccc2c1-c1cc(N)on1. The molecule has 0 aliphatic heterocycles. The first-order valence-electron chi connectivity index (χ1n) is 5.16. The molecule has 1 aromatic carbocycles. The average Bonchev–Trinajstić information content (AvgIpc) is 2.82. The van der Waals surface area contributed by atoms with Gasteiger partial charge in [0.25, 0.3) is 0 Å². The van der Waals surface area contributed by atoms with E-state index in [1.165, 1.54) is 0 Å². The van der Waals surface area contributed by atoms with Crippen molar-refractivity contribution in [3.8, 4) is 11.3 Å². The number of anilines is 1. The van der Waals surface area contributed by atoms with Crippen LogP contribution in [0.3, 0.4) is 0 Å². The number of nitrogens with two attached hydrogens (primary N) is 1. The third kappa shape index (κ3) is 1.54. The van der Waals surface area contributed by atoms with E-state index in [9.17, 15) is 0 Å². The summed E-state index contributed by atoms with van der Waals surface area (Å²) in [6.07, 6.45) is 0. The van der Waals surface area contributed by atoms with Crippen molar-refractivity contribution >= 4 is 32.7 Å². The van der Waals surface area contributed by atoms with E-state index in [0.717, 1.165) is 32.3 Å². The number of para-hydroxylation sites is 1. The van der Waals surface area contributed by atoms with Gasteiger partial charge in [-0.2, -0.15) is 0 Å². The van der Waals surface area contributed by atoms with Crippen molar-refractivity contribution in [2.75, 3.05) is 5.73 Å². The number of aromatic nitrogens is 2. The lowest BCUT2D eigenvalue weighted by molar-refractivity contribution is 0.439. The molecule has 0 aliphatic rings. The Kier molecular flexibility index (Phi) is 2.22. The molecule has 2 aromatic heterocycles. The van der Waals surface area contributed by atoms with E-state index in [2.05, 4.69) is 26.1 Å². The maximum atomic E-state index is 5.56. The number of nitrogen functional groups attached to an aromatic ring is 1. The first-order valence-corrected chi connectivity index (χ1v) is 5.95. The molecule has 0 bridgehead atoms. The van der Waals surface area contributed by atoms with Crippen molar-refractivity contribution in [3.05, 3.63) is 34.4 Å². The highest BCUT2D eigenvalue weighted by atomic mass is 79.9. The van der Waals surface area contributed by atoms with Crippen LogP contribution in [0.4, 0.5) is 5.88 Å². The number of H-pyrrole nitrogens is 1. The minimum absolute atomic E-state index is 0.323. The van der Waals surface area contributed by atoms with Crippen LogP contribution in [0, 0.1) is 6.92 Å². The second-order valence-corrected chi connectivity index (χ2v) is 4.76. The molecule has 0 amide bonds. The summed E-state index contributed by atoms with van der Waals surface area (Å²) < 4.78 is 5.95. The standard InChI is InChI=1S/C12H10BrN3O/c1-6-11(9-5-10(14)17-16-9)7-3-2-4-8(13)12(7)15-6/h2-5,15H,14H2,1H3.